The predicted molar refractivity (Wildman–Crippen MR) is 122 cm³/mol. The zero-order valence-electron chi connectivity index (χ0n) is 18.5. The molecule has 0 fully saturated rings. The highest BCUT2D eigenvalue weighted by atomic mass is 35.5. The lowest BCUT2D eigenvalue weighted by Gasteiger charge is -2.32. The van der Waals surface area contributed by atoms with Gasteiger partial charge in [-0.05, 0) is 35.9 Å². The van der Waals surface area contributed by atoms with Crippen LogP contribution in [0.25, 0.3) is 11.3 Å². The zero-order chi connectivity index (χ0) is 26.3. The third-order valence-electron chi connectivity index (χ3n) is 5.78. The van der Waals surface area contributed by atoms with Crippen molar-refractivity contribution in [3.63, 3.8) is 0 Å². The minimum absolute atomic E-state index is 0.0519. The Bertz CT molecular complexity index is 1260. The lowest BCUT2D eigenvalue weighted by Crippen LogP contribution is -2.62. The fourth-order valence-electron chi connectivity index (χ4n) is 3.89. The first-order valence-electron chi connectivity index (χ1n) is 10.4. The van der Waals surface area contributed by atoms with Gasteiger partial charge in [-0.1, -0.05) is 41.9 Å². The van der Waals surface area contributed by atoms with Crippen LogP contribution in [-0.2, 0) is 0 Å². The van der Waals surface area contributed by atoms with E-state index in [1.165, 1.54) is 37.6 Å². The average Bonchev–Trinajstić information content (AvgIpc) is 3.28. The minimum Gasteiger partial charge on any atom is -0.497 e. The van der Waals surface area contributed by atoms with Crippen molar-refractivity contribution in [1.82, 2.24) is 4.98 Å². The van der Waals surface area contributed by atoms with Gasteiger partial charge >= 0.3 is 12.4 Å². The molecule has 1 aliphatic heterocycles. The van der Waals surface area contributed by atoms with Gasteiger partial charge in [0.05, 0.1) is 35.3 Å². The number of pyridine rings is 1. The Morgan fingerprint density at radius 2 is 1.67 bits per heavy atom. The smallest absolute Gasteiger partial charge is 0.431 e. The minimum atomic E-state index is -6.06. The molecule has 190 valence electrons. The molecule has 0 radical (unpaired) electrons. The highest BCUT2D eigenvalue weighted by molar-refractivity contribution is 6.33. The van der Waals surface area contributed by atoms with E-state index >= 15 is 0 Å². The lowest BCUT2D eigenvalue weighted by molar-refractivity contribution is -0.338. The highest BCUT2D eigenvalue weighted by Crippen LogP contribution is 2.49. The lowest BCUT2D eigenvalue weighted by atomic mass is 9.90. The van der Waals surface area contributed by atoms with Crippen molar-refractivity contribution in [2.24, 2.45) is 5.10 Å². The van der Waals surface area contributed by atoms with Crippen LogP contribution in [-0.4, -0.2) is 40.9 Å². The second-order valence-corrected chi connectivity index (χ2v) is 8.38. The first kappa shape index (κ1) is 25.8. The van der Waals surface area contributed by atoms with E-state index < -0.39 is 36.1 Å². The molecule has 12 heteroatoms. The summed E-state index contributed by atoms with van der Waals surface area (Å²) in [6, 6.07) is 14.8. The van der Waals surface area contributed by atoms with E-state index in [9.17, 15) is 31.4 Å². The number of benzene rings is 2. The van der Waals surface area contributed by atoms with Gasteiger partial charge in [-0.25, -0.2) is 0 Å². The van der Waals surface area contributed by atoms with Gasteiger partial charge in [-0.3, -0.25) is 9.99 Å². The van der Waals surface area contributed by atoms with Crippen LogP contribution in [0.15, 0.2) is 72.0 Å². The Morgan fingerprint density at radius 3 is 2.25 bits per heavy atom. The van der Waals surface area contributed by atoms with Gasteiger partial charge in [-0.15, -0.1) is 0 Å². The summed E-state index contributed by atoms with van der Waals surface area (Å²) >= 11 is 6.19. The molecule has 5 nitrogen and oxygen atoms in total. The Kier molecular flexibility index (Phi) is 6.65. The van der Waals surface area contributed by atoms with Gasteiger partial charge in [0.2, 0.25) is 0 Å². The van der Waals surface area contributed by atoms with Crippen LogP contribution in [0.1, 0.15) is 18.0 Å². The van der Waals surface area contributed by atoms with E-state index in [1.54, 1.807) is 36.4 Å². The molecule has 1 unspecified atom stereocenters. The zero-order valence-corrected chi connectivity index (χ0v) is 19.2. The monoisotopic (exact) mass is 529 g/mol. The van der Waals surface area contributed by atoms with E-state index in [1.807, 2.05) is 0 Å². The summed E-state index contributed by atoms with van der Waals surface area (Å²) in [5, 5.41) is 14.6. The van der Waals surface area contributed by atoms with Gasteiger partial charge in [0.25, 0.3) is 5.60 Å². The number of aliphatic hydroxyl groups is 1. The maximum atomic E-state index is 13.6. The SMILES string of the molecule is COc1cccc(-c2ccc(C3CC(C(O)(C(F)(F)F)C(F)(F)F)=NN3c3ccccc3Cl)cn2)c1. The number of hydrazone groups is 1. The number of aromatic nitrogens is 1. The molecule has 2 aromatic carbocycles. The summed E-state index contributed by atoms with van der Waals surface area (Å²) in [5.41, 5.74) is -5.10. The van der Waals surface area contributed by atoms with Crippen LogP contribution in [0, 0.1) is 0 Å². The van der Waals surface area contributed by atoms with Crippen LogP contribution in [0.4, 0.5) is 32.0 Å². The summed E-state index contributed by atoms with van der Waals surface area (Å²) in [6.07, 6.45) is -11.7. The van der Waals surface area contributed by atoms with Crippen molar-refractivity contribution in [2.45, 2.75) is 30.4 Å². The molecule has 0 aliphatic carbocycles. The Balaban J connectivity index is 1.77. The largest absolute Gasteiger partial charge is 0.497 e. The molecule has 0 saturated heterocycles. The molecule has 0 amide bonds. The van der Waals surface area contributed by atoms with Gasteiger partial charge < -0.3 is 9.84 Å². The number of methoxy groups -OCH3 is 1. The van der Waals surface area contributed by atoms with Crippen molar-refractivity contribution in [2.75, 3.05) is 12.1 Å². The molecule has 0 bridgehead atoms. The second kappa shape index (κ2) is 9.29. The van der Waals surface area contributed by atoms with Crippen LogP contribution < -0.4 is 9.75 Å². The van der Waals surface area contributed by atoms with Gasteiger partial charge in [0.15, 0.2) is 0 Å². The molecule has 1 atom stereocenters. The summed E-state index contributed by atoms with van der Waals surface area (Å²) in [6.45, 7) is 0. The fraction of sp³-hybridized carbons (Fsp3) is 0.250. The van der Waals surface area contributed by atoms with E-state index in [2.05, 4.69) is 10.1 Å². The second-order valence-electron chi connectivity index (χ2n) is 7.98. The Morgan fingerprint density at radius 1 is 0.972 bits per heavy atom. The standard InChI is InChI=1S/C24H18ClF6N3O2/c1-36-16-6-4-5-14(11-16)18-10-9-15(13-32-18)20-12-21(22(35,23(26,27)28)24(29,30)31)33-34(20)19-8-3-2-7-17(19)25/h2-11,13,20,35H,12H2,1H3. The maximum absolute atomic E-state index is 13.6. The molecular weight excluding hydrogens is 512 g/mol. The number of para-hydroxylation sites is 1. The number of anilines is 1. The van der Waals surface area contributed by atoms with Crippen molar-refractivity contribution in [1.29, 1.82) is 0 Å². The quantitative estimate of drug-likeness (QED) is 0.380. The highest BCUT2D eigenvalue weighted by Gasteiger charge is 2.74. The maximum Gasteiger partial charge on any atom is 0.431 e. The van der Waals surface area contributed by atoms with Gasteiger partial charge in [0, 0.05) is 18.2 Å². The Hall–Kier alpha value is -3.31. The topological polar surface area (TPSA) is 58.0 Å². The average molecular weight is 530 g/mol. The molecule has 36 heavy (non-hydrogen) atoms. The van der Waals surface area contributed by atoms with Crippen molar-refractivity contribution < 1.29 is 36.2 Å². The van der Waals surface area contributed by atoms with Gasteiger partial charge in [0.1, 0.15) is 5.75 Å². The number of halogens is 7. The van der Waals surface area contributed by atoms with Crippen LogP contribution in [0.5, 0.6) is 5.75 Å². The summed E-state index contributed by atoms with van der Waals surface area (Å²) < 4.78 is 86.6. The number of rotatable bonds is 5. The summed E-state index contributed by atoms with van der Waals surface area (Å²) in [4.78, 5) is 4.33. The number of nitrogens with zero attached hydrogens (tertiary/aromatic N) is 3. The van der Waals surface area contributed by atoms with E-state index in [0.717, 1.165) is 5.01 Å². The van der Waals surface area contributed by atoms with E-state index in [4.69, 9.17) is 16.3 Å². The van der Waals surface area contributed by atoms with Crippen molar-refractivity contribution in [3.05, 3.63) is 77.4 Å². The van der Waals surface area contributed by atoms with E-state index in [-0.39, 0.29) is 16.3 Å². The first-order valence-corrected chi connectivity index (χ1v) is 10.8. The molecule has 2 heterocycles. The molecule has 1 aromatic heterocycles. The molecule has 1 N–H and O–H groups in total. The third kappa shape index (κ3) is 4.48. The summed E-state index contributed by atoms with van der Waals surface area (Å²) in [5.74, 6) is 0.579. The fourth-order valence-corrected chi connectivity index (χ4v) is 4.11. The van der Waals surface area contributed by atoms with Crippen LogP contribution >= 0.6 is 11.6 Å². The molecule has 3 aromatic rings. The molecule has 4 rings (SSSR count). The van der Waals surface area contributed by atoms with Crippen LogP contribution in [0.3, 0.4) is 0 Å². The molecule has 0 spiro atoms. The first-order chi connectivity index (χ1) is 16.9. The number of hydrogen-bond donors (Lipinski definition) is 1. The number of ether oxygens (including phenoxy) is 1. The normalized spacial score (nSPS) is 16.8. The van der Waals surface area contributed by atoms with Crippen LogP contribution in [0.2, 0.25) is 5.02 Å². The van der Waals surface area contributed by atoms with Crippen molar-refractivity contribution in [3.8, 4) is 17.0 Å². The number of alkyl halides is 6. The molecule has 1 aliphatic rings. The Labute approximate surface area is 206 Å². The molecule has 0 saturated carbocycles. The molecular formula is C24H18ClF6N3O2. The van der Waals surface area contributed by atoms with E-state index in [0.29, 0.717) is 17.0 Å². The van der Waals surface area contributed by atoms with Gasteiger partial charge in [-0.2, -0.15) is 31.4 Å². The van der Waals surface area contributed by atoms with Crippen molar-refractivity contribution >= 4 is 23.0 Å². The summed E-state index contributed by atoms with van der Waals surface area (Å²) in [7, 11) is 1.50. The number of hydrogen-bond acceptors (Lipinski definition) is 5. The third-order valence-corrected chi connectivity index (χ3v) is 6.10. The predicted octanol–water partition coefficient (Wildman–Crippen LogP) is 6.57.